The van der Waals surface area contributed by atoms with E-state index in [2.05, 4.69) is 10.5 Å². The van der Waals surface area contributed by atoms with E-state index in [9.17, 15) is 4.79 Å². The lowest BCUT2D eigenvalue weighted by Gasteiger charge is -2.30. The van der Waals surface area contributed by atoms with Crippen molar-refractivity contribution >= 4 is 23.5 Å². The zero-order valence-corrected chi connectivity index (χ0v) is 11.2. The zero-order chi connectivity index (χ0) is 12.9. The summed E-state index contributed by atoms with van der Waals surface area (Å²) in [4.78, 5) is 12.0. The van der Waals surface area contributed by atoms with Crippen molar-refractivity contribution < 1.29 is 10.0 Å². The summed E-state index contributed by atoms with van der Waals surface area (Å²) in [5.74, 6) is 0.819. The first-order valence-electron chi connectivity index (χ1n) is 5.84. The molecule has 1 aliphatic rings. The summed E-state index contributed by atoms with van der Waals surface area (Å²) in [5.41, 5.74) is 5.09. The summed E-state index contributed by atoms with van der Waals surface area (Å²) in [5, 5.41) is 14.9. The Morgan fingerprint density at radius 2 is 2.18 bits per heavy atom. The monoisotopic (exact) mass is 259 g/mol. The van der Waals surface area contributed by atoms with E-state index in [1.54, 1.807) is 11.8 Å². The van der Waals surface area contributed by atoms with Crippen LogP contribution in [0.5, 0.6) is 0 Å². The van der Waals surface area contributed by atoms with Gasteiger partial charge in [-0.15, -0.1) is 0 Å². The van der Waals surface area contributed by atoms with Crippen LogP contribution in [0.25, 0.3) is 0 Å². The highest BCUT2D eigenvalue weighted by Gasteiger charge is 2.40. The van der Waals surface area contributed by atoms with Gasteiger partial charge in [-0.3, -0.25) is 4.79 Å². The number of nitrogens with zero attached hydrogens (tertiary/aromatic N) is 1. The fourth-order valence-electron chi connectivity index (χ4n) is 2.20. The number of nitrogens with two attached hydrogens (primary N) is 1. The molecule has 1 atom stereocenters. The van der Waals surface area contributed by atoms with Gasteiger partial charge in [0.05, 0.1) is 0 Å². The van der Waals surface area contributed by atoms with E-state index in [-0.39, 0.29) is 17.7 Å². The summed E-state index contributed by atoms with van der Waals surface area (Å²) in [6, 6.07) is 0. The van der Waals surface area contributed by atoms with E-state index in [0.29, 0.717) is 0 Å². The van der Waals surface area contributed by atoms with Gasteiger partial charge in [-0.25, -0.2) is 0 Å². The lowest BCUT2D eigenvalue weighted by Crippen LogP contribution is -2.57. The molecule has 0 aromatic carbocycles. The molecule has 0 radical (unpaired) electrons. The first-order valence-corrected chi connectivity index (χ1v) is 7.24. The number of hydrogen-bond acceptors (Lipinski definition) is 4. The third-order valence-electron chi connectivity index (χ3n) is 3.28. The lowest BCUT2D eigenvalue weighted by molar-refractivity contribution is -0.125. The molecule has 0 aromatic heterocycles. The standard InChI is InChI=1S/C11H21N3O2S/c1-8(7-17-2)9(15)13-11(10(12)14-16)5-3-4-6-11/h8,16H,3-7H2,1-2H3,(H2,12,14)(H,13,15). The molecule has 0 heterocycles. The minimum Gasteiger partial charge on any atom is -0.409 e. The average Bonchev–Trinajstić information content (AvgIpc) is 2.78. The molecule has 98 valence electrons. The number of carbonyl (C=O) groups excluding carboxylic acids is 1. The Morgan fingerprint density at radius 3 is 2.65 bits per heavy atom. The maximum Gasteiger partial charge on any atom is 0.224 e. The number of thioether (sulfide) groups is 1. The van der Waals surface area contributed by atoms with Crippen LogP contribution in [0.2, 0.25) is 0 Å². The van der Waals surface area contributed by atoms with Crippen molar-refractivity contribution in [2.45, 2.75) is 38.1 Å². The molecule has 1 fully saturated rings. The van der Waals surface area contributed by atoms with E-state index in [1.165, 1.54) is 0 Å². The number of amides is 1. The molecule has 17 heavy (non-hydrogen) atoms. The predicted octanol–water partition coefficient (Wildman–Crippen LogP) is 1.16. The van der Waals surface area contributed by atoms with Crippen LogP contribution in [0.4, 0.5) is 0 Å². The molecular weight excluding hydrogens is 238 g/mol. The Morgan fingerprint density at radius 1 is 1.59 bits per heavy atom. The molecule has 5 nitrogen and oxygen atoms in total. The first-order chi connectivity index (χ1) is 8.05. The fourth-order valence-corrected chi connectivity index (χ4v) is 2.86. The summed E-state index contributed by atoms with van der Waals surface area (Å²) >= 11 is 1.64. The van der Waals surface area contributed by atoms with Crippen molar-refractivity contribution in [1.82, 2.24) is 5.32 Å². The van der Waals surface area contributed by atoms with E-state index in [0.717, 1.165) is 31.4 Å². The van der Waals surface area contributed by atoms with Gasteiger partial charge in [-0.2, -0.15) is 11.8 Å². The molecule has 1 saturated carbocycles. The van der Waals surface area contributed by atoms with Crippen LogP contribution in [-0.2, 0) is 4.79 Å². The minimum atomic E-state index is -0.626. The topological polar surface area (TPSA) is 87.7 Å². The van der Waals surface area contributed by atoms with Gasteiger partial charge in [0.25, 0.3) is 0 Å². The molecule has 6 heteroatoms. The number of hydrogen-bond donors (Lipinski definition) is 3. The van der Waals surface area contributed by atoms with Crippen molar-refractivity contribution in [2.75, 3.05) is 12.0 Å². The number of oxime groups is 1. The molecular formula is C11H21N3O2S. The van der Waals surface area contributed by atoms with Crippen molar-refractivity contribution in [2.24, 2.45) is 16.8 Å². The molecule has 0 aromatic rings. The van der Waals surface area contributed by atoms with Gasteiger partial charge < -0.3 is 16.3 Å². The van der Waals surface area contributed by atoms with Crippen LogP contribution in [-0.4, -0.2) is 34.5 Å². The van der Waals surface area contributed by atoms with Gasteiger partial charge >= 0.3 is 0 Å². The number of nitrogens with one attached hydrogen (secondary N) is 1. The zero-order valence-electron chi connectivity index (χ0n) is 10.4. The van der Waals surface area contributed by atoms with Crippen LogP contribution < -0.4 is 11.1 Å². The van der Waals surface area contributed by atoms with Gasteiger partial charge in [0.2, 0.25) is 5.91 Å². The summed E-state index contributed by atoms with van der Waals surface area (Å²) < 4.78 is 0. The van der Waals surface area contributed by atoms with Crippen LogP contribution in [0.15, 0.2) is 5.16 Å². The van der Waals surface area contributed by atoms with Crippen LogP contribution in [0, 0.1) is 5.92 Å². The summed E-state index contributed by atoms with van der Waals surface area (Å²) in [6.07, 6.45) is 5.46. The van der Waals surface area contributed by atoms with Crippen molar-refractivity contribution in [1.29, 1.82) is 0 Å². The maximum atomic E-state index is 12.0. The van der Waals surface area contributed by atoms with E-state index in [1.807, 2.05) is 13.2 Å². The second-order valence-corrected chi connectivity index (χ2v) is 5.53. The van der Waals surface area contributed by atoms with E-state index >= 15 is 0 Å². The minimum absolute atomic E-state index is 0.0205. The van der Waals surface area contributed by atoms with Crippen LogP contribution in [0.1, 0.15) is 32.6 Å². The molecule has 0 bridgehead atoms. The maximum absolute atomic E-state index is 12.0. The van der Waals surface area contributed by atoms with Gasteiger partial charge in [0.1, 0.15) is 5.54 Å². The Kier molecular flexibility index (Phi) is 5.11. The third kappa shape index (κ3) is 3.28. The van der Waals surface area contributed by atoms with Gasteiger partial charge in [0, 0.05) is 11.7 Å². The van der Waals surface area contributed by atoms with Crippen LogP contribution >= 0.6 is 11.8 Å². The smallest absolute Gasteiger partial charge is 0.224 e. The predicted molar refractivity (Wildman–Crippen MR) is 70.3 cm³/mol. The van der Waals surface area contributed by atoms with Crippen molar-refractivity contribution in [3.8, 4) is 0 Å². The Bertz CT molecular complexity index is 301. The Labute approximate surface area is 106 Å². The Hall–Kier alpha value is -0.910. The molecule has 0 saturated heterocycles. The van der Waals surface area contributed by atoms with Crippen LogP contribution in [0.3, 0.4) is 0 Å². The molecule has 0 spiro atoms. The summed E-state index contributed by atoms with van der Waals surface area (Å²) in [7, 11) is 0. The van der Waals surface area contributed by atoms with Gasteiger partial charge in [0.15, 0.2) is 5.84 Å². The van der Waals surface area contributed by atoms with E-state index in [4.69, 9.17) is 10.9 Å². The SMILES string of the molecule is CSCC(C)C(=O)NC1(C(N)=NO)CCCC1. The highest BCUT2D eigenvalue weighted by atomic mass is 32.2. The van der Waals surface area contributed by atoms with E-state index < -0.39 is 5.54 Å². The van der Waals surface area contributed by atoms with Gasteiger partial charge in [-0.1, -0.05) is 24.9 Å². The fraction of sp³-hybridized carbons (Fsp3) is 0.818. The largest absolute Gasteiger partial charge is 0.409 e. The molecule has 4 N–H and O–H groups in total. The number of rotatable bonds is 5. The molecule has 1 aliphatic carbocycles. The van der Waals surface area contributed by atoms with Crippen molar-refractivity contribution in [3.05, 3.63) is 0 Å². The highest BCUT2D eigenvalue weighted by Crippen LogP contribution is 2.30. The molecule has 1 amide bonds. The number of amidine groups is 1. The molecule has 1 rings (SSSR count). The lowest BCUT2D eigenvalue weighted by atomic mass is 9.95. The quantitative estimate of drug-likeness (QED) is 0.299. The third-order valence-corrected chi connectivity index (χ3v) is 4.12. The summed E-state index contributed by atoms with van der Waals surface area (Å²) in [6.45, 7) is 1.89. The molecule has 1 unspecified atom stereocenters. The second kappa shape index (κ2) is 6.14. The number of carbonyl (C=O) groups is 1. The Balaban J connectivity index is 2.71. The molecule has 0 aliphatic heterocycles. The highest BCUT2D eigenvalue weighted by molar-refractivity contribution is 7.98. The average molecular weight is 259 g/mol. The van der Waals surface area contributed by atoms with Crippen molar-refractivity contribution in [3.63, 3.8) is 0 Å². The van der Waals surface area contributed by atoms with Gasteiger partial charge in [-0.05, 0) is 19.1 Å². The second-order valence-electron chi connectivity index (χ2n) is 4.62. The first kappa shape index (κ1) is 14.2. The normalized spacial score (nSPS) is 21.2.